The first kappa shape index (κ1) is 21.9. The third kappa shape index (κ3) is 3.68. The van der Waals surface area contributed by atoms with E-state index in [1.165, 1.54) is 36.4 Å². The van der Waals surface area contributed by atoms with Crippen LogP contribution >= 0.6 is 0 Å². The molecule has 1 atom stereocenters. The topological polar surface area (TPSA) is 76.1 Å². The Balaban J connectivity index is 1.68. The van der Waals surface area contributed by atoms with Crippen LogP contribution in [-0.2, 0) is 29.5 Å². The lowest BCUT2D eigenvalue weighted by Gasteiger charge is -2.42. The van der Waals surface area contributed by atoms with Gasteiger partial charge in [0.15, 0.2) is 0 Å². The van der Waals surface area contributed by atoms with E-state index in [0.717, 1.165) is 29.8 Å². The molecule has 0 aromatic heterocycles. The van der Waals surface area contributed by atoms with E-state index in [4.69, 9.17) is 9.47 Å². The van der Waals surface area contributed by atoms with E-state index in [9.17, 15) is 13.0 Å². The summed E-state index contributed by atoms with van der Waals surface area (Å²) < 4.78 is 60.0. The molecule has 1 N–H and O–H groups in total. The molecule has 0 saturated carbocycles. The predicted molar refractivity (Wildman–Crippen MR) is 122 cm³/mol. The lowest BCUT2D eigenvalue weighted by Crippen LogP contribution is -2.39. The van der Waals surface area contributed by atoms with Crippen LogP contribution in [0.2, 0.25) is 0 Å². The second-order valence-electron chi connectivity index (χ2n) is 8.37. The zero-order valence-electron chi connectivity index (χ0n) is 18.3. The van der Waals surface area contributed by atoms with Gasteiger partial charge in [0.25, 0.3) is 10.1 Å². The van der Waals surface area contributed by atoms with Gasteiger partial charge in [-0.15, -0.1) is 0 Å². The second-order valence-corrected chi connectivity index (χ2v) is 9.76. The fraction of sp³-hybridized carbons (Fsp3) is 0.280. The van der Waals surface area contributed by atoms with Crippen LogP contribution in [0.1, 0.15) is 28.3 Å². The molecule has 2 heterocycles. The molecule has 2 aliphatic rings. The first-order valence-electron chi connectivity index (χ1n) is 10.7. The summed E-state index contributed by atoms with van der Waals surface area (Å²) in [6.07, 6.45) is 1.55. The summed E-state index contributed by atoms with van der Waals surface area (Å²) in [6.45, 7) is 1.32. The van der Waals surface area contributed by atoms with Gasteiger partial charge >= 0.3 is 0 Å². The Morgan fingerprint density at radius 1 is 1.03 bits per heavy atom. The molecule has 6 nitrogen and oxygen atoms in total. The molecule has 33 heavy (non-hydrogen) atoms. The van der Waals surface area contributed by atoms with Gasteiger partial charge in [-0.2, -0.15) is 8.42 Å². The molecule has 0 saturated heterocycles. The molecule has 0 radical (unpaired) electrons. The molecule has 5 rings (SSSR count). The highest BCUT2D eigenvalue weighted by Gasteiger charge is 2.35. The Kier molecular flexibility index (Phi) is 5.39. The monoisotopic (exact) mass is 469 g/mol. The summed E-state index contributed by atoms with van der Waals surface area (Å²) in [6, 6.07) is 13.7. The number of ether oxygens (including phenoxy) is 2. The van der Waals surface area contributed by atoms with Crippen LogP contribution in [0.25, 0.3) is 11.1 Å². The summed E-state index contributed by atoms with van der Waals surface area (Å²) >= 11 is 0. The van der Waals surface area contributed by atoms with Crippen molar-refractivity contribution in [3.8, 4) is 22.6 Å². The first-order valence-corrected chi connectivity index (χ1v) is 12.1. The average Bonchev–Trinajstić information content (AvgIpc) is 2.81. The van der Waals surface area contributed by atoms with Crippen molar-refractivity contribution in [2.75, 3.05) is 20.8 Å². The largest absolute Gasteiger partial charge is 0.497 e. The minimum atomic E-state index is -4.65. The van der Waals surface area contributed by atoms with Crippen LogP contribution in [0.3, 0.4) is 0 Å². The molecule has 0 bridgehead atoms. The van der Waals surface area contributed by atoms with Gasteiger partial charge < -0.3 is 9.47 Å². The fourth-order valence-corrected chi connectivity index (χ4v) is 5.86. The molecule has 3 aromatic rings. The number of hydrogen-bond acceptors (Lipinski definition) is 5. The van der Waals surface area contributed by atoms with Gasteiger partial charge in [0.1, 0.15) is 22.2 Å². The zero-order chi connectivity index (χ0) is 23.3. The summed E-state index contributed by atoms with van der Waals surface area (Å²) in [5.41, 5.74) is 4.54. The number of benzene rings is 3. The van der Waals surface area contributed by atoms with Gasteiger partial charge in [-0.1, -0.05) is 18.2 Å². The Hall–Kier alpha value is -2.94. The van der Waals surface area contributed by atoms with Crippen molar-refractivity contribution < 1.29 is 26.8 Å². The molecule has 3 aromatic carbocycles. The number of hydrogen-bond donors (Lipinski definition) is 1. The van der Waals surface area contributed by atoms with Crippen molar-refractivity contribution in [2.45, 2.75) is 30.3 Å². The summed E-state index contributed by atoms with van der Waals surface area (Å²) in [4.78, 5) is 1.86. The van der Waals surface area contributed by atoms with Crippen molar-refractivity contribution in [3.63, 3.8) is 0 Å². The van der Waals surface area contributed by atoms with E-state index in [1.807, 2.05) is 12.1 Å². The molecule has 0 aliphatic carbocycles. The normalized spacial score (nSPS) is 17.6. The van der Waals surface area contributed by atoms with Crippen LogP contribution in [0.15, 0.2) is 53.4 Å². The zero-order valence-corrected chi connectivity index (χ0v) is 19.2. The second kappa shape index (κ2) is 8.13. The SMILES string of the molecule is COc1ccc2c(c1)CCN1Cc3c(ccc(OC)c3-c3c(F)cccc3S(=O)(=O)O)CC21. The molecule has 1 unspecified atom stereocenters. The molecule has 172 valence electrons. The fourth-order valence-electron chi connectivity index (χ4n) is 5.15. The van der Waals surface area contributed by atoms with Crippen LogP contribution in [0, 0.1) is 5.82 Å². The predicted octanol–water partition coefficient (Wildman–Crippen LogP) is 4.41. The van der Waals surface area contributed by atoms with Crippen LogP contribution in [0.5, 0.6) is 11.5 Å². The lowest BCUT2D eigenvalue weighted by molar-refractivity contribution is 0.161. The van der Waals surface area contributed by atoms with E-state index in [-0.39, 0.29) is 11.6 Å². The van der Waals surface area contributed by atoms with Crippen molar-refractivity contribution >= 4 is 10.1 Å². The Morgan fingerprint density at radius 3 is 2.58 bits per heavy atom. The van der Waals surface area contributed by atoms with E-state index >= 15 is 4.39 Å². The first-order chi connectivity index (χ1) is 15.8. The number of halogens is 1. The number of nitrogens with zero attached hydrogens (tertiary/aromatic N) is 1. The minimum Gasteiger partial charge on any atom is -0.497 e. The minimum absolute atomic E-state index is 0.158. The molecular weight excluding hydrogens is 445 g/mol. The Labute approximate surface area is 192 Å². The van der Waals surface area contributed by atoms with Crippen molar-refractivity contribution in [1.82, 2.24) is 4.90 Å². The maximum absolute atomic E-state index is 15.1. The maximum atomic E-state index is 15.1. The Morgan fingerprint density at radius 2 is 1.85 bits per heavy atom. The summed E-state index contributed by atoms with van der Waals surface area (Å²) in [7, 11) is -1.52. The van der Waals surface area contributed by atoms with Crippen LogP contribution < -0.4 is 9.47 Å². The number of rotatable bonds is 4. The van der Waals surface area contributed by atoms with Gasteiger partial charge in [-0.3, -0.25) is 9.45 Å². The van der Waals surface area contributed by atoms with E-state index in [0.29, 0.717) is 24.3 Å². The van der Waals surface area contributed by atoms with Gasteiger partial charge in [-0.05, 0) is 65.4 Å². The number of methoxy groups -OCH3 is 2. The summed E-state index contributed by atoms with van der Waals surface area (Å²) in [5.74, 6) is 0.474. The van der Waals surface area contributed by atoms with Crippen LogP contribution in [0.4, 0.5) is 4.39 Å². The maximum Gasteiger partial charge on any atom is 0.295 e. The highest BCUT2D eigenvalue weighted by molar-refractivity contribution is 7.86. The smallest absolute Gasteiger partial charge is 0.295 e. The van der Waals surface area contributed by atoms with Gasteiger partial charge in [0.2, 0.25) is 0 Å². The molecule has 0 spiro atoms. The van der Waals surface area contributed by atoms with Crippen molar-refractivity contribution in [1.29, 1.82) is 0 Å². The molecule has 0 amide bonds. The quantitative estimate of drug-likeness (QED) is 0.571. The van der Waals surface area contributed by atoms with Gasteiger partial charge in [0, 0.05) is 30.3 Å². The summed E-state index contributed by atoms with van der Waals surface area (Å²) in [5, 5.41) is 0. The molecule has 0 fully saturated rings. The van der Waals surface area contributed by atoms with E-state index in [2.05, 4.69) is 17.0 Å². The van der Waals surface area contributed by atoms with Gasteiger partial charge in [-0.25, -0.2) is 4.39 Å². The highest BCUT2D eigenvalue weighted by atomic mass is 32.2. The van der Waals surface area contributed by atoms with E-state index < -0.39 is 20.8 Å². The highest BCUT2D eigenvalue weighted by Crippen LogP contribution is 2.46. The third-order valence-electron chi connectivity index (χ3n) is 6.69. The number of fused-ring (bicyclic) bond motifs is 4. The lowest BCUT2D eigenvalue weighted by atomic mass is 9.81. The van der Waals surface area contributed by atoms with E-state index in [1.54, 1.807) is 13.2 Å². The molecule has 8 heteroatoms. The standard InChI is InChI=1S/C25H24FNO5S/c1-31-17-7-8-18-16(12-17)10-11-27-14-19-15(13-21(18)27)6-9-22(32-2)24(19)25-20(26)4-3-5-23(25)33(28,29)30/h3-9,12,21H,10-11,13-14H2,1-2H3,(H,28,29,30). The average molecular weight is 470 g/mol. The molecule has 2 aliphatic heterocycles. The van der Waals surface area contributed by atoms with Crippen molar-refractivity contribution in [2.24, 2.45) is 0 Å². The third-order valence-corrected chi connectivity index (χ3v) is 7.58. The van der Waals surface area contributed by atoms with Crippen LogP contribution in [-0.4, -0.2) is 38.6 Å². The van der Waals surface area contributed by atoms with Crippen molar-refractivity contribution in [3.05, 3.63) is 76.6 Å². The Bertz CT molecular complexity index is 1360. The molecular formula is C25H24FNO5S. The van der Waals surface area contributed by atoms with Gasteiger partial charge in [0.05, 0.1) is 14.2 Å².